The van der Waals surface area contributed by atoms with Crippen LogP contribution in [0.5, 0.6) is 0 Å². The fourth-order valence-corrected chi connectivity index (χ4v) is 2.55. The molecule has 1 aromatic carbocycles. The molecule has 1 atom stereocenters. The first-order chi connectivity index (χ1) is 7.36. The van der Waals surface area contributed by atoms with Crippen LogP contribution in [-0.4, -0.2) is 17.7 Å². The molecule has 0 bridgehead atoms. The molecule has 0 saturated carbocycles. The highest BCUT2D eigenvalue weighted by atomic mass is 35.5. The van der Waals surface area contributed by atoms with E-state index in [9.17, 15) is 0 Å². The highest BCUT2D eigenvalue weighted by Gasteiger charge is 2.18. The predicted octanol–water partition coefficient (Wildman–Crippen LogP) is 2.52. The van der Waals surface area contributed by atoms with Crippen LogP contribution in [0.2, 0.25) is 0 Å². The standard InChI is InChI=1S/C12H13ClN2/c13-10-8-14-5-6-15-11-4-2-1-3-9(11)7-12(10)15/h1-4,7,10,14H,5-6,8H2. The molecule has 1 aromatic heterocycles. The molecule has 1 aliphatic heterocycles. The van der Waals surface area contributed by atoms with Crippen molar-refractivity contribution >= 4 is 22.5 Å². The molecule has 3 heteroatoms. The van der Waals surface area contributed by atoms with Gasteiger partial charge in [0.1, 0.15) is 0 Å². The van der Waals surface area contributed by atoms with Crippen LogP contribution in [0.1, 0.15) is 11.1 Å². The van der Waals surface area contributed by atoms with Crippen molar-refractivity contribution in [1.82, 2.24) is 9.88 Å². The van der Waals surface area contributed by atoms with Crippen molar-refractivity contribution in [1.29, 1.82) is 0 Å². The summed E-state index contributed by atoms with van der Waals surface area (Å²) < 4.78 is 2.33. The molecule has 2 nitrogen and oxygen atoms in total. The van der Waals surface area contributed by atoms with Crippen LogP contribution in [-0.2, 0) is 6.54 Å². The lowest BCUT2D eigenvalue weighted by molar-refractivity contribution is 0.656. The van der Waals surface area contributed by atoms with E-state index in [1.807, 2.05) is 0 Å². The van der Waals surface area contributed by atoms with E-state index >= 15 is 0 Å². The number of rotatable bonds is 0. The van der Waals surface area contributed by atoms with Gasteiger partial charge in [0.05, 0.1) is 5.38 Å². The molecule has 3 rings (SSSR count). The molecule has 0 spiro atoms. The van der Waals surface area contributed by atoms with Gasteiger partial charge < -0.3 is 9.88 Å². The Morgan fingerprint density at radius 2 is 2.20 bits per heavy atom. The Hall–Kier alpha value is -0.990. The topological polar surface area (TPSA) is 17.0 Å². The summed E-state index contributed by atoms with van der Waals surface area (Å²) in [6.45, 7) is 2.86. The lowest BCUT2D eigenvalue weighted by Gasteiger charge is -2.08. The number of nitrogens with zero attached hydrogens (tertiary/aromatic N) is 1. The zero-order valence-electron chi connectivity index (χ0n) is 8.41. The van der Waals surface area contributed by atoms with E-state index in [1.165, 1.54) is 16.6 Å². The van der Waals surface area contributed by atoms with Gasteiger partial charge in [-0.3, -0.25) is 0 Å². The number of nitrogens with one attached hydrogen (secondary N) is 1. The summed E-state index contributed by atoms with van der Waals surface area (Å²) in [6.07, 6.45) is 0. The van der Waals surface area contributed by atoms with Crippen LogP contribution in [0.15, 0.2) is 30.3 Å². The van der Waals surface area contributed by atoms with E-state index in [-0.39, 0.29) is 5.38 Å². The third-order valence-corrected chi connectivity index (χ3v) is 3.38. The summed E-state index contributed by atoms with van der Waals surface area (Å²) in [7, 11) is 0. The molecule has 0 saturated heterocycles. The number of benzene rings is 1. The Kier molecular flexibility index (Phi) is 2.19. The van der Waals surface area contributed by atoms with E-state index in [2.05, 4.69) is 40.2 Å². The minimum absolute atomic E-state index is 0.0832. The maximum absolute atomic E-state index is 6.34. The Balaban J connectivity index is 2.26. The van der Waals surface area contributed by atoms with Crippen LogP contribution in [0.4, 0.5) is 0 Å². The molecule has 0 aliphatic carbocycles. The van der Waals surface area contributed by atoms with Crippen molar-refractivity contribution in [2.24, 2.45) is 0 Å². The summed E-state index contributed by atoms with van der Waals surface area (Å²) >= 11 is 6.34. The quantitative estimate of drug-likeness (QED) is 0.676. The van der Waals surface area contributed by atoms with Crippen molar-refractivity contribution in [2.75, 3.05) is 13.1 Å². The van der Waals surface area contributed by atoms with E-state index in [0.29, 0.717) is 0 Å². The fourth-order valence-electron chi connectivity index (χ4n) is 2.27. The summed E-state index contributed by atoms with van der Waals surface area (Å²) in [5, 5.41) is 4.72. The minimum Gasteiger partial charge on any atom is -0.342 e. The molecule has 78 valence electrons. The molecular weight excluding hydrogens is 208 g/mol. The first-order valence-electron chi connectivity index (χ1n) is 5.29. The van der Waals surface area contributed by atoms with Gasteiger partial charge in [0.2, 0.25) is 0 Å². The zero-order valence-corrected chi connectivity index (χ0v) is 9.17. The van der Waals surface area contributed by atoms with E-state index in [4.69, 9.17) is 11.6 Å². The number of aromatic nitrogens is 1. The third kappa shape index (κ3) is 1.45. The molecule has 0 radical (unpaired) electrons. The molecule has 0 amide bonds. The predicted molar refractivity (Wildman–Crippen MR) is 63.4 cm³/mol. The van der Waals surface area contributed by atoms with Gasteiger partial charge in [0.15, 0.2) is 0 Å². The molecular formula is C12H13ClN2. The van der Waals surface area contributed by atoms with Crippen LogP contribution in [0.25, 0.3) is 10.9 Å². The van der Waals surface area contributed by atoms with Crippen LogP contribution >= 0.6 is 11.6 Å². The van der Waals surface area contributed by atoms with Crippen molar-refractivity contribution in [3.05, 3.63) is 36.0 Å². The van der Waals surface area contributed by atoms with Crippen molar-refractivity contribution in [3.63, 3.8) is 0 Å². The van der Waals surface area contributed by atoms with Gasteiger partial charge in [-0.25, -0.2) is 0 Å². The Labute approximate surface area is 93.8 Å². The van der Waals surface area contributed by atoms with Crippen molar-refractivity contribution < 1.29 is 0 Å². The summed E-state index contributed by atoms with van der Waals surface area (Å²) in [6, 6.07) is 10.7. The first kappa shape index (κ1) is 9.25. The number of para-hydroxylation sites is 1. The van der Waals surface area contributed by atoms with Gasteiger partial charge in [0.25, 0.3) is 0 Å². The molecule has 1 N–H and O–H groups in total. The summed E-state index contributed by atoms with van der Waals surface area (Å²) in [5.41, 5.74) is 2.53. The number of hydrogen-bond donors (Lipinski definition) is 1. The zero-order chi connectivity index (χ0) is 10.3. The van der Waals surface area contributed by atoms with Gasteiger partial charge >= 0.3 is 0 Å². The number of halogens is 1. The molecule has 2 aromatic rings. The highest BCUT2D eigenvalue weighted by molar-refractivity contribution is 6.21. The van der Waals surface area contributed by atoms with Gasteiger partial charge in [0, 0.05) is 30.8 Å². The molecule has 0 fully saturated rings. The fraction of sp³-hybridized carbons (Fsp3) is 0.333. The summed E-state index contributed by atoms with van der Waals surface area (Å²) in [5.74, 6) is 0. The normalized spacial score (nSPS) is 21.3. The average molecular weight is 221 g/mol. The lowest BCUT2D eigenvalue weighted by Crippen LogP contribution is -2.18. The van der Waals surface area contributed by atoms with Gasteiger partial charge in [-0.2, -0.15) is 0 Å². The maximum Gasteiger partial charge on any atom is 0.0861 e. The van der Waals surface area contributed by atoms with E-state index < -0.39 is 0 Å². The molecule has 15 heavy (non-hydrogen) atoms. The third-order valence-electron chi connectivity index (χ3n) is 3.00. The number of fused-ring (bicyclic) bond motifs is 3. The minimum atomic E-state index is 0.0832. The van der Waals surface area contributed by atoms with E-state index in [0.717, 1.165) is 19.6 Å². The van der Waals surface area contributed by atoms with Crippen LogP contribution < -0.4 is 5.32 Å². The lowest BCUT2D eigenvalue weighted by atomic mass is 10.2. The smallest absolute Gasteiger partial charge is 0.0861 e. The highest BCUT2D eigenvalue weighted by Crippen LogP contribution is 2.28. The second-order valence-corrected chi connectivity index (χ2v) is 4.48. The maximum atomic E-state index is 6.34. The van der Waals surface area contributed by atoms with Gasteiger partial charge in [-0.05, 0) is 17.5 Å². The molecule has 2 heterocycles. The van der Waals surface area contributed by atoms with Crippen LogP contribution in [0.3, 0.4) is 0 Å². The Morgan fingerprint density at radius 3 is 3.13 bits per heavy atom. The van der Waals surface area contributed by atoms with Crippen molar-refractivity contribution in [3.8, 4) is 0 Å². The van der Waals surface area contributed by atoms with Crippen LogP contribution in [0, 0.1) is 0 Å². The Bertz CT molecular complexity index is 489. The number of hydrogen-bond acceptors (Lipinski definition) is 1. The second kappa shape index (κ2) is 3.54. The largest absolute Gasteiger partial charge is 0.342 e. The SMILES string of the molecule is ClC1CNCCn2c1cc1ccccc12. The molecule has 1 unspecified atom stereocenters. The monoisotopic (exact) mass is 220 g/mol. The molecule has 1 aliphatic rings. The number of alkyl halides is 1. The Morgan fingerprint density at radius 1 is 1.33 bits per heavy atom. The van der Waals surface area contributed by atoms with E-state index in [1.54, 1.807) is 0 Å². The van der Waals surface area contributed by atoms with Gasteiger partial charge in [-0.1, -0.05) is 18.2 Å². The second-order valence-electron chi connectivity index (χ2n) is 3.95. The summed E-state index contributed by atoms with van der Waals surface area (Å²) in [4.78, 5) is 0. The van der Waals surface area contributed by atoms with Crippen molar-refractivity contribution in [2.45, 2.75) is 11.9 Å². The average Bonchev–Trinajstić information content (AvgIpc) is 2.54. The first-order valence-corrected chi connectivity index (χ1v) is 5.73. The van der Waals surface area contributed by atoms with Gasteiger partial charge in [-0.15, -0.1) is 11.6 Å².